The van der Waals surface area contributed by atoms with Crippen molar-refractivity contribution in [2.45, 2.75) is 19.6 Å². The van der Waals surface area contributed by atoms with E-state index in [1.807, 2.05) is 30.3 Å². The predicted octanol–water partition coefficient (Wildman–Crippen LogP) is 1.35. The van der Waals surface area contributed by atoms with Crippen molar-refractivity contribution in [2.75, 3.05) is 27.4 Å². The molecule has 0 unspecified atom stereocenters. The topological polar surface area (TPSA) is 80.3 Å². The molecular weight excluding hydrogens is 372 g/mol. The van der Waals surface area contributed by atoms with Gasteiger partial charge in [0, 0.05) is 14.2 Å². The minimum absolute atomic E-state index is 0.144. The SMILES string of the molecule is COCCn1c(=O)c2c(nc(Cl)n2Cc2ccccc2)n(CCOC)c1=O. The first kappa shape index (κ1) is 19.3. The van der Waals surface area contributed by atoms with Crippen LogP contribution in [0.4, 0.5) is 0 Å². The second-order valence-corrected chi connectivity index (χ2v) is 6.34. The molecule has 9 heteroatoms. The maximum atomic E-state index is 13.0. The van der Waals surface area contributed by atoms with Gasteiger partial charge in [-0.05, 0) is 17.2 Å². The molecule has 1 aromatic carbocycles. The lowest BCUT2D eigenvalue weighted by Crippen LogP contribution is -2.42. The van der Waals surface area contributed by atoms with Gasteiger partial charge in [0.1, 0.15) is 0 Å². The molecule has 0 fully saturated rings. The zero-order chi connectivity index (χ0) is 19.4. The Morgan fingerprint density at radius 3 is 2.22 bits per heavy atom. The van der Waals surface area contributed by atoms with Gasteiger partial charge in [0.25, 0.3) is 5.56 Å². The summed E-state index contributed by atoms with van der Waals surface area (Å²) in [4.78, 5) is 30.2. The first-order valence-electron chi connectivity index (χ1n) is 8.49. The Hall–Kier alpha value is -2.42. The predicted molar refractivity (Wildman–Crippen MR) is 103 cm³/mol. The molecule has 0 aliphatic carbocycles. The van der Waals surface area contributed by atoms with Crippen LogP contribution in [0.5, 0.6) is 0 Å². The first-order chi connectivity index (χ1) is 13.1. The van der Waals surface area contributed by atoms with Gasteiger partial charge in [-0.25, -0.2) is 4.79 Å². The van der Waals surface area contributed by atoms with Crippen LogP contribution in [0.25, 0.3) is 11.2 Å². The monoisotopic (exact) mass is 392 g/mol. The van der Waals surface area contributed by atoms with E-state index in [4.69, 9.17) is 21.1 Å². The van der Waals surface area contributed by atoms with Crippen LogP contribution in [-0.4, -0.2) is 46.1 Å². The number of rotatable bonds is 8. The van der Waals surface area contributed by atoms with E-state index in [0.29, 0.717) is 13.2 Å². The molecule has 3 aromatic rings. The average molecular weight is 393 g/mol. The van der Waals surface area contributed by atoms with Crippen LogP contribution in [0.15, 0.2) is 39.9 Å². The van der Waals surface area contributed by atoms with Crippen LogP contribution < -0.4 is 11.2 Å². The molecule has 0 N–H and O–H groups in total. The summed E-state index contributed by atoms with van der Waals surface area (Å²) in [5, 5.41) is 0.154. The van der Waals surface area contributed by atoms with Crippen LogP contribution >= 0.6 is 11.6 Å². The first-order valence-corrected chi connectivity index (χ1v) is 8.87. The largest absolute Gasteiger partial charge is 0.383 e. The number of nitrogens with zero attached hydrogens (tertiary/aromatic N) is 4. The number of imidazole rings is 1. The number of hydrogen-bond donors (Lipinski definition) is 0. The maximum Gasteiger partial charge on any atom is 0.332 e. The van der Waals surface area contributed by atoms with E-state index < -0.39 is 11.2 Å². The molecule has 3 rings (SSSR count). The normalized spacial score (nSPS) is 11.4. The van der Waals surface area contributed by atoms with Crippen molar-refractivity contribution in [3.05, 3.63) is 62.0 Å². The van der Waals surface area contributed by atoms with Gasteiger partial charge in [-0.2, -0.15) is 4.98 Å². The quantitative estimate of drug-likeness (QED) is 0.541. The van der Waals surface area contributed by atoms with Gasteiger partial charge in [0.2, 0.25) is 5.28 Å². The molecule has 0 aliphatic rings. The lowest BCUT2D eigenvalue weighted by Gasteiger charge is -2.12. The standard InChI is InChI=1S/C18H21ClN4O4/c1-26-10-8-21-15-14(16(24)22(18(21)25)9-11-27-2)23(17(19)20-15)12-13-6-4-3-5-7-13/h3-7H,8-12H2,1-2H3. The number of methoxy groups -OCH3 is 2. The zero-order valence-corrected chi connectivity index (χ0v) is 16.0. The molecule has 0 radical (unpaired) electrons. The van der Waals surface area contributed by atoms with Gasteiger partial charge >= 0.3 is 5.69 Å². The third-order valence-electron chi connectivity index (χ3n) is 4.29. The number of halogens is 1. The molecule has 144 valence electrons. The Labute approximate surface area is 160 Å². The summed E-state index contributed by atoms with van der Waals surface area (Å²) in [7, 11) is 3.06. The molecule has 0 aliphatic heterocycles. The zero-order valence-electron chi connectivity index (χ0n) is 15.2. The lowest BCUT2D eigenvalue weighted by molar-refractivity contribution is 0.179. The molecule has 0 atom stereocenters. The van der Waals surface area contributed by atoms with Crippen molar-refractivity contribution in [1.29, 1.82) is 0 Å². The van der Waals surface area contributed by atoms with E-state index in [1.54, 1.807) is 11.7 Å². The molecule has 2 heterocycles. The highest BCUT2D eigenvalue weighted by Crippen LogP contribution is 2.18. The Balaban J connectivity index is 2.24. The molecule has 0 saturated carbocycles. The molecular formula is C18H21ClN4O4. The third-order valence-corrected chi connectivity index (χ3v) is 4.58. The van der Waals surface area contributed by atoms with Crippen molar-refractivity contribution in [1.82, 2.24) is 18.7 Å². The second kappa shape index (κ2) is 8.51. The highest BCUT2D eigenvalue weighted by Gasteiger charge is 2.21. The fraction of sp³-hybridized carbons (Fsp3) is 0.389. The van der Waals surface area contributed by atoms with Gasteiger partial charge in [0.05, 0.1) is 32.8 Å². The van der Waals surface area contributed by atoms with E-state index in [2.05, 4.69) is 4.98 Å². The average Bonchev–Trinajstić information content (AvgIpc) is 2.99. The summed E-state index contributed by atoms with van der Waals surface area (Å²) in [5.41, 5.74) is 0.627. The number of fused-ring (bicyclic) bond motifs is 1. The lowest BCUT2D eigenvalue weighted by atomic mass is 10.2. The van der Waals surface area contributed by atoms with E-state index >= 15 is 0 Å². The molecule has 27 heavy (non-hydrogen) atoms. The van der Waals surface area contributed by atoms with Crippen molar-refractivity contribution < 1.29 is 9.47 Å². The van der Waals surface area contributed by atoms with E-state index in [0.717, 1.165) is 10.1 Å². The fourth-order valence-corrected chi connectivity index (χ4v) is 3.16. The number of ether oxygens (including phenoxy) is 2. The van der Waals surface area contributed by atoms with E-state index in [9.17, 15) is 9.59 Å². The van der Waals surface area contributed by atoms with Crippen molar-refractivity contribution >= 4 is 22.8 Å². The Kier molecular flexibility index (Phi) is 6.10. The van der Waals surface area contributed by atoms with Crippen molar-refractivity contribution in [3.8, 4) is 0 Å². The van der Waals surface area contributed by atoms with E-state index in [1.165, 1.54) is 11.7 Å². The van der Waals surface area contributed by atoms with Crippen LogP contribution in [0, 0.1) is 0 Å². The molecule has 8 nitrogen and oxygen atoms in total. The summed E-state index contributed by atoms with van der Waals surface area (Å²) in [6.45, 7) is 1.33. The highest BCUT2D eigenvalue weighted by molar-refractivity contribution is 6.29. The van der Waals surface area contributed by atoms with Gasteiger partial charge in [-0.3, -0.25) is 13.9 Å². The minimum Gasteiger partial charge on any atom is -0.383 e. The summed E-state index contributed by atoms with van der Waals surface area (Å²) < 4.78 is 14.3. The van der Waals surface area contributed by atoms with Gasteiger partial charge in [-0.1, -0.05) is 30.3 Å². The van der Waals surface area contributed by atoms with Gasteiger partial charge in [-0.15, -0.1) is 0 Å². The number of benzene rings is 1. The van der Waals surface area contributed by atoms with E-state index in [-0.39, 0.29) is 36.1 Å². The minimum atomic E-state index is -0.456. The number of aromatic nitrogens is 4. The van der Waals surface area contributed by atoms with Crippen LogP contribution in [0.1, 0.15) is 5.56 Å². The van der Waals surface area contributed by atoms with Gasteiger partial charge in [0.15, 0.2) is 11.2 Å². The summed E-state index contributed by atoms with van der Waals surface area (Å²) >= 11 is 6.34. The second-order valence-electron chi connectivity index (χ2n) is 6.00. The Morgan fingerprint density at radius 2 is 1.59 bits per heavy atom. The smallest absolute Gasteiger partial charge is 0.332 e. The number of hydrogen-bond acceptors (Lipinski definition) is 5. The maximum absolute atomic E-state index is 13.0. The van der Waals surface area contributed by atoms with Crippen molar-refractivity contribution in [2.24, 2.45) is 0 Å². The Morgan fingerprint density at radius 1 is 0.963 bits per heavy atom. The van der Waals surface area contributed by atoms with Crippen molar-refractivity contribution in [3.63, 3.8) is 0 Å². The summed E-state index contributed by atoms with van der Waals surface area (Å²) in [5.74, 6) is 0. The Bertz CT molecular complexity index is 1040. The molecule has 0 saturated heterocycles. The van der Waals surface area contributed by atoms with Crippen LogP contribution in [0.3, 0.4) is 0 Å². The van der Waals surface area contributed by atoms with Gasteiger partial charge < -0.3 is 14.0 Å². The summed E-state index contributed by atoms with van der Waals surface area (Å²) in [6.07, 6.45) is 0. The molecule has 0 spiro atoms. The van der Waals surface area contributed by atoms with Crippen LogP contribution in [-0.2, 0) is 29.1 Å². The third kappa shape index (κ3) is 3.83. The molecule has 0 amide bonds. The highest BCUT2D eigenvalue weighted by atomic mass is 35.5. The molecule has 2 aromatic heterocycles. The molecule has 0 bridgehead atoms. The van der Waals surface area contributed by atoms with Crippen LogP contribution in [0.2, 0.25) is 5.28 Å². The summed E-state index contributed by atoms with van der Waals surface area (Å²) in [6, 6.07) is 9.61. The fourth-order valence-electron chi connectivity index (χ4n) is 2.94.